The first-order valence-electron chi connectivity index (χ1n) is 3.86. The van der Waals surface area contributed by atoms with Gasteiger partial charge in [-0.25, -0.2) is 0 Å². The van der Waals surface area contributed by atoms with E-state index in [1.54, 1.807) is 19.2 Å². The summed E-state index contributed by atoms with van der Waals surface area (Å²) in [5.74, 6) is 0. The van der Waals surface area contributed by atoms with Crippen molar-refractivity contribution in [3.63, 3.8) is 0 Å². The second kappa shape index (κ2) is 4.39. The lowest BCUT2D eigenvalue weighted by Gasteiger charge is -2.02. The van der Waals surface area contributed by atoms with Gasteiger partial charge in [0.1, 0.15) is 6.23 Å². The molecular weight excluding hydrogens is 232 g/mol. The minimum absolute atomic E-state index is 0.638. The maximum Gasteiger partial charge on any atom is 0.142 e. The zero-order valence-corrected chi connectivity index (χ0v) is 8.82. The highest BCUT2D eigenvalue weighted by atomic mass is 79.9. The average Bonchev–Trinajstić information content (AvgIpc) is 2.03. The summed E-state index contributed by atoms with van der Waals surface area (Å²) in [6.07, 6.45) is 0.857. The monoisotopic (exact) mass is 242 g/mol. The molecule has 0 aliphatic heterocycles. The smallest absolute Gasteiger partial charge is 0.142 e. The summed E-state index contributed by atoms with van der Waals surface area (Å²) >= 11 is 3.34. The van der Waals surface area contributed by atoms with Gasteiger partial charge in [0.2, 0.25) is 0 Å². The van der Waals surface area contributed by atoms with E-state index in [1.807, 2.05) is 12.1 Å². The molecule has 0 saturated heterocycles. The molecule has 0 saturated carbocycles. The molecule has 1 atom stereocenters. The molecule has 4 heteroatoms. The normalized spacial score (nSPS) is 13.5. The summed E-state index contributed by atoms with van der Waals surface area (Å²) in [5, 5.41) is 8.94. The number of aliphatic hydroxyl groups excluding tert-OH is 1. The van der Waals surface area contributed by atoms with Gasteiger partial charge in [-0.15, -0.1) is 0 Å². The minimum Gasteiger partial charge on any atom is -0.398 e. The maximum atomic E-state index is 8.94. The van der Waals surface area contributed by atoms with E-state index < -0.39 is 6.23 Å². The van der Waals surface area contributed by atoms with E-state index in [0.717, 1.165) is 10.0 Å². The molecule has 1 aromatic rings. The lowest BCUT2D eigenvalue weighted by molar-refractivity contribution is 0.206. The molecule has 0 amide bonds. The molecule has 3 N–H and O–H groups in total. The highest BCUT2D eigenvalue weighted by molar-refractivity contribution is 9.10. The van der Waals surface area contributed by atoms with Gasteiger partial charge < -0.3 is 10.8 Å². The van der Waals surface area contributed by atoms with Crippen molar-refractivity contribution in [1.82, 2.24) is 0 Å². The van der Waals surface area contributed by atoms with Gasteiger partial charge in [0.15, 0.2) is 0 Å². The number of hydrogen-bond acceptors (Lipinski definition) is 3. The van der Waals surface area contributed by atoms with Crippen LogP contribution in [0.2, 0.25) is 0 Å². The van der Waals surface area contributed by atoms with Crippen LogP contribution in [-0.2, 0) is 0 Å². The molecule has 0 aliphatic rings. The van der Waals surface area contributed by atoms with Crippen LogP contribution in [0.25, 0.3) is 0 Å². The van der Waals surface area contributed by atoms with Crippen LogP contribution in [0.15, 0.2) is 27.7 Å². The van der Waals surface area contributed by atoms with Crippen LogP contribution < -0.4 is 5.73 Å². The van der Waals surface area contributed by atoms with E-state index >= 15 is 0 Å². The molecule has 0 aliphatic carbocycles. The number of nitrogens with two attached hydrogens (primary N) is 1. The maximum absolute atomic E-state index is 8.94. The largest absolute Gasteiger partial charge is 0.398 e. The first-order chi connectivity index (χ1) is 6.11. The van der Waals surface area contributed by atoms with Gasteiger partial charge in [0.25, 0.3) is 0 Å². The van der Waals surface area contributed by atoms with Crippen LogP contribution in [-0.4, -0.2) is 17.5 Å². The Kier molecular flexibility index (Phi) is 3.45. The minimum atomic E-state index is -0.702. The fourth-order valence-corrected chi connectivity index (χ4v) is 1.36. The highest BCUT2D eigenvalue weighted by Gasteiger charge is 2.00. The van der Waals surface area contributed by atoms with Crippen LogP contribution in [0.4, 0.5) is 5.69 Å². The average molecular weight is 243 g/mol. The van der Waals surface area contributed by atoms with Crippen LogP contribution in [0.3, 0.4) is 0 Å². The van der Waals surface area contributed by atoms with Crippen molar-refractivity contribution in [2.24, 2.45) is 4.99 Å². The fraction of sp³-hybridized carbons (Fsp3) is 0.222. The molecule has 70 valence electrons. The lowest BCUT2D eigenvalue weighted by Crippen LogP contribution is -1.98. The standard InChI is InChI=1S/C9H11BrN2O/c1-6(13)12-5-7-8(10)3-2-4-9(7)11/h2-6,13H,11H2,1H3. The first-order valence-corrected chi connectivity index (χ1v) is 4.66. The molecule has 0 spiro atoms. The summed E-state index contributed by atoms with van der Waals surface area (Å²) < 4.78 is 0.872. The molecule has 1 rings (SSSR count). The zero-order chi connectivity index (χ0) is 9.84. The van der Waals surface area contributed by atoms with Gasteiger partial charge in [-0.3, -0.25) is 4.99 Å². The second-order valence-corrected chi connectivity index (χ2v) is 3.51. The Balaban J connectivity index is 3.00. The quantitative estimate of drug-likeness (QED) is 0.614. The van der Waals surface area contributed by atoms with Crippen LogP contribution in [0.1, 0.15) is 12.5 Å². The Labute approximate surface area is 85.4 Å². The van der Waals surface area contributed by atoms with Crippen molar-refractivity contribution in [1.29, 1.82) is 0 Å². The Bertz CT molecular complexity index is 303. The molecule has 0 aromatic heterocycles. The van der Waals surface area contributed by atoms with Crippen molar-refractivity contribution in [2.45, 2.75) is 13.2 Å². The molecule has 1 aromatic carbocycles. The summed E-state index contributed by atoms with van der Waals surface area (Å²) in [6.45, 7) is 1.59. The molecular formula is C9H11BrN2O. The Morgan fingerprint density at radius 1 is 1.62 bits per heavy atom. The van der Waals surface area contributed by atoms with Gasteiger partial charge >= 0.3 is 0 Å². The third kappa shape index (κ3) is 2.82. The number of aliphatic imine (C=N–C) groups is 1. The summed E-state index contributed by atoms with van der Waals surface area (Å²) in [6, 6.07) is 5.51. The van der Waals surface area contributed by atoms with E-state index in [-0.39, 0.29) is 0 Å². The summed E-state index contributed by atoms with van der Waals surface area (Å²) in [7, 11) is 0. The van der Waals surface area contributed by atoms with Gasteiger partial charge in [0.05, 0.1) is 0 Å². The predicted octanol–water partition coefficient (Wildman–Crippen LogP) is 1.79. The van der Waals surface area contributed by atoms with Gasteiger partial charge in [0, 0.05) is 21.9 Å². The van der Waals surface area contributed by atoms with Crippen molar-refractivity contribution in [3.8, 4) is 0 Å². The third-order valence-corrected chi connectivity index (χ3v) is 2.20. The first kappa shape index (κ1) is 10.2. The molecule has 13 heavy (non-hydrogen) atoms. The van der Waals surface area contributed by atoms with Crippen LogP contribution >= 0.6 is 15.9 Å². The third-order valence-electron chi connectivity index (χ3n) is 1.51. The molecule has 0 radical (unpaired) electrons. The summed E-state index contributed by atoms with van der Waals surface area (Å²) in [4.78, 5) is 3.84. The Hall–Kier alpha value is -0.870. The van der Waals surface area contributed by atoms with E-state index in [9.17, 15) is 0 Å². The van der Waals surface area contributed by atoms with Crippen molar-refractivity contribution >= 4 is 27.8 Å². The lowest BCUT2D eigenvalue weighted by atomic mass is 10.2. The topological polar surface area (TPSA) is 58.6 Å². The van der Waals surface area contributed by atoms with Crippen LogP contribution in [0, 0.1) is 0 Å². The van der Waals surface area contributed by atoms with E-state index in [4.69, 9.17) is 10.8 Å². The molecule has 0 heterocycles. The van der Waals surface area contributed by atoms with Crippen molar-refractivity contribution < 1.29 is 5.11 Å². The zero-order valence-electron chi connectivity index (χ0n) is 7.24. The van der Waals surface area contributed by atoms with Gasteiger partial charge in [-0.05, 0) is 19.1 Å². The second-order valence-electron chi connectivity index (χ2n) is 2.65. The fourth-order valence-electron chi connectivity index (χ4n) is 0.872. The number of anilines is 1. The van der Waals surface area contributed by atoms with E-state index in [1.165, 1.54) is 0 Å². The van der Waals surface area contributed by atoms with Gasteiger partial charge in [-0.2, -0.15) is 0 Å². The number of rotatable bonds is 2. The molecule has 0 fully saturated rings. The summed E-state index contributed by atoms with van der Waals surface area (Å²) in [5.41, 5.74) is 7.14. The Morgan fingerprint density at radius 2 is 2.31 bits per heavy atom. The van der Waals surface area contributed by atoms with Gasteiger partial charge in [-0.1, -0.05) is 22.0 Å². The number of benzene rings is 1. The number of halogens is 1. The van der Waals surface area contributed by atoms with Crippen molar-refractivity contribution in [2.75, 3.05) is 5.73 Å². The number of nitrogens with zero attached hydrogens (tertiary/aromatic N) is 1. The number of hydrogen-bond donors (Lipinski definition) is 2. The highest BCUT2D eigenvalue weighted by Crippen LogP contribution is 2.20. The van der Waals surface area contributed by atoms with Crippen LogP contribution in [0.5, 0.6) is 0 Å². The number of nitrogen functional groups attached to an aromatic ring is 1. The predicted molar refractivity (Wildman–Crippen MR) is 57.8 cm³/mol. The van der Waals surface area contributed by atoms with Crippen molar-refractivity contribution in [3.05, 3.63) is 28.2 Å². The number of aliphatic hydroxyl groups is 1. The SMILES string of the molecule is CC(O)N=Cc1c(N)cccc1Br. The van der Waals surface area contributed by atoms with E-state index in [0.29, 0.717) is 5.69 Å². The molecule has 3 nitrogen and oxygen atoms in total. The Morgan fingerprint density at radius 3 is 2.85 bits per heavy atom. The van der Waals surface area contributed by atoms with E-state index in [2.05, 4.69) is 20.9 Å². The molecule has 1 unspecified atom stereocenters. The molecule has 0 bridgehead atoms.